The Kier molecular flexibility index (Phi) is 4.47. The number of aromatic hydroxyl groups is 1. The third-order valence-corrected chi connectivity index (χ3v) is 3.38. The molecule has 94 valence electrons. The summed E-state index contributed by atoms with van der Waals surface area (Å²) in [5, 5.41) is 11.6. The van der Waals surface area contributed by atoms with E-state index in [0.29, 0.717) is 0 Å². The summed E-state index contributed by atoms with van der Waals surface area (Å²) in [4.78, 5) is 10.5. The zero-order valence-electron chi connectivity index (χ0n) is 9.30. The van der Waals surface area contributed by atoms with Crippen LogP contribution in [0.5, 0.6) is 5.75 Å². The van der Waals surface area contributed by atoms with E-state index in [1.54, 1.807) is 0 Å². The highest BCUT2D eigenvalue weighted by Crippen LogP contribution is 2.15. The number of benzene rings is 1. The molecule has 0 saturated heterocycles. The number of nitrogens with one attached hydrogen (secondary N) is 2. The quantitative estimate of drug-likeness (QED) is 0.638. The van der Waals surface area contributed by atoms with Crippen LogP contribution in [0.15, 0.2) is 29.2 Å². The maximum absolute atomic E-state index is 11.7. The molecule has 0 aliphatic heterocycles. The van der Waals surface area contributed by atoms with Gasteiger partial charge in [0, 0.05) is 20.0 Å². The van der Waals surface area contributed by atoms with E-state index in [1.807, 2.05) is 0 Å². The van der Waals surface area contributed by atoms with Gasteiger partial charge in [-0.05, 0) is 18.2 Å². The van der Waals surface area contributed by atoms with Crippen LogP contribution in [0.4, 0.5) is 0 Å². The SMILES string of the molecule is CC(=O)NCCNS(=O)(=O)c1cccc(O)c1. The van der Waals surface area contributed by atoms with Gasteiger partial charge in [0.25, 0.3) is 0 Å². The predicted octanol–water partition coefficient (Wildman–Crippen LogP) is -0.193. The van der Waals surface area contributed by atoms with Crippen molar-refractivity contribution in [2.24, 2.45) is 0 Å². The van der Waals surface area contributed by atoms with Crippen molar-refractivity contribution in [2.75, 3.05) is 13.1 Å². The molecule has 0 bridgehead atoms. The highest BCUT2D eigenvalue weighted by molar-refractivity contribution is 7.89. The van der Waals surface area contributed by atoms with Crippen molar-refractivity contribution in [3.05, 3.63) is 24.3 Å². The van der Waals surface area contributed by atoms with Crippen molar-refractivity contribution in [1.82, 2.24) is 10.0 Å². The second-order valence-corrected chi connectivity index (χ2v) is 5.15. The van der Waals surface area contributed by atoms with Crippen LogP contribution in [0, 0.1) is 0 Å². The van der Waals surface area contributed by atoms with Gasteiger partial charge in [0.1, 0.15) is 5.75 Å². The minimum Gasteiger partial charge on any atom is -0.508 e. The fourth-order valence-corrected chi connectivity index (χ4v) is 2.23. The number of rotatable bonds is 5. The van der Waals surface area contributed by atoms with Gasteiger partial charge in [-0.1, -0.05) is 6.07 Å². The molecule has 6 nitrogen and oxygen atoms in total. The second-order valence-electron chi connectivity index (χ2n) is 3.38. The fourth-order valence-electron chi connectivity index (χ4n) is 1.16. The fraction of sp³-hybridized carbons (Fsp3) is 0.300. The normalized spacial score (nSPS) is 11.1. The molecule has 0 radical (unpaired) electrons. The van der Waals surface area contributed by atoms with Gasteiger partial charge < -0.3 is 10.4 Å². The van der Waals surface area contributed by atoms with Gasteiger partial charge in [0.05, 0.1) is 4.90 Å². The van der Waals surface area contributed by atoms with Crippen LogP contribution in [-0.2, 0) is 14.8 Å². The van der Waals surface area contributed by atoms with Crippen LogP contribution in [-0.4, -0.2) is 32.5 Å². The number of hydrogen-bond acceptors (Lipinski definition) is 4. The molecule has 0 spiro atoms. The monoisotopic (exact) mass is 258 g/mol. The van der Waals surface area contributed by atoms with Gasteiger partial charge in [0.15, 0.2) is 0 Å². The minimum absolute atomic E-state index is 0.0136. The minimum atomic E-state index is -3.64. The zero-order valence-corrected chi connectivity index (χ0v) is 10.1. The summed E-state index contributed by atoms with van der Waals surface area (Å²) in [7, 11) is -3.64. The largest absolute Gasteiger partial charge is 0.508 e. The molecule has 17 heavy (non-hydrogen) atoms. The topological polar surface area (TPSA) is 95.5 Å². The molecular formula is C10H14N2O4S. The van der Waals surface area contributed by atoms with Crippen LogP contribution in [0.1, 0.15) is 6.92 Å². The first-order valence-electron chi connectivity index (χ1n) is 4.95. The molecule has 3 N–H and O–H groups in total. The molecule has 0 unspecified atom stereocenters. The second kappa shape index (κ2) is 5.65. The van der Waals surface area contributed by atoms with Crippen molar-refractivity contribution >= 4 is 15.9 Å². The summed E-state index contributed by atoms with van der Waals surface area (Å²) in [6, 6.07) is 5.36. The summed E-state index contributed by atoms with van der Waals surface area (Å²) in [5.41, 5.74) is 0. The van der Waals surface area contributed by atoms with Crippen molar-refractivity contribution in [3.63, 3.8) is 0 Å². The molecule has 1 aromatic rings. The lowest BCUT2D eigenvalue weighted by Gasteiger charge is -2.07. The Labute approximate surface area is 99.7 Å². The highest BCUT2D eigenvalue weighted by Gasteiger charge is 2.13. The molecule has 0 heterocycles. The number of sulfonamides is 1. The molecule has 1 rings (SSSR count). The van der Waals surface area contributed by atoms with Gasteiger partial charge in [-0.15, -0.1) is 0 Å². The van der Waals surface area contributed by atoms with E-state index in [1.165, 1.54) is 25.1 Å². The van der Waals surface area contributed by atoms with Gasteiger partial charge in [-0.2, -0.15) is 0 Å². The maximum atomic E-state index is 11.7. The van der Waals surface area contributed by atoms with E-state index in [9.17, 15) is 18.3 Å². The van der Waals surface area contributed by atoms with E-state index >= 15 is 0 Å². The van der Waals surface area contributed by atoms with Gasteiger partial charge in [-0.3, -0.25) is 4.79 Å². The van der Waals surface area contributed by atoms with Crippen molar-refractivity contribution < 1.29 is 18.3 Å². The number of carbonyl (C=O) groups excluding carboxylic acids is 1. The summed E-state index contributed by atoms with van der Waals surface area (Å²) in [6.07, 6.45) is 0. The molecule has 1 amide bonds. The Bertz CT molecular complexity index is 499. The van der Waals surface area contributed by atoms with Crippen molar-refractivity contribution in [3.8, 4) is 5.75 Å². The number of carbonyl (C=O) groups is 1. The lowest BCUT2D eigenvalue weighted by atomic mass is 10.3. The third kappa shape index (κ3) is 4.41. The summed E-state index contributed by atoms with van der Waals surface area (Å²) >= 11 is 0. The molecule has 0 atom stereocenters. The zero-order chi connectivity index (χ0) is 12.9. The van der Waals surface area contributed by atoms with Crippen LogP contribution >= 0.6 is 0 Å². The number of hydrogen-bond donors (Lipinski definition) is 3. The van der Waals surface area contributed by atoms with E-state index in [4.69, 9.17) is 0 Å². The molecule has 0 aliphatic carbocycles. The van der Waals surface area contributed by atoms with Crippen LogP contribution < -0.4 is 10.0 Å². The van der Waals surface area contributed by atoms with E-state index in [-0.39, 0.29) is 29.6 Å². The lowest BCUT2D eigenvalue weighted by Crippen LogP contribution is -2.33. The molecule has 0 aliphatic rings. The average Bonchev–Trinajstić information content (AvgIpc) is 2.24. The number of amides is 1. The Balaban J connectivity index is 2.60. The molecular weight excluding hydrogens is 244 g/mol. The number of phenols is 1. The smallest absolute Gasteiger partial charge is 0.240 e. The van der Waals surface area contributed by atoms with Gasteiger partial charge in [0.2, 0.25) is 15.9 Å². The Morgan fingerprint density at radius 1 is 1.35 bits per heavy atom. The molecule has 0 fully saturated rings. The number of phenolic OH excluding ortho intramolecular Hbond substituents is 1. The van der Waals surface area contributed by atoms with Crippen LogP contribution in [0.25, 0.3) is 0 Å². The van der Waals surface area contributed by atoms with Crippen molar-refractivity contribution in [1.29, 1.82) is 0 Å². The molecule has 7 heteroatoms. The van der Waals surface area contributed by atoms with Crippen LogP contribution in [0.2, 0.25) is 0 Å². The summed E-state index contributed by atoms with van der Waals surface area (Å²) < 4.78 is 25.7. The lowest BCUT2D eigenvalue weighted by molar-refractivity contribution is -0.118. The standard InChI is InChI=1S/C10H14N2O4S/c1-8(13)11-5-6-12-17(15,16)10-4-2-3-9(14)7-10/h2-4,7,12,14H,5-6H2,1H3,(H,11,13). The molecule has 0 saturated carbocycles. The van der Waals surface area contributed by atoms with Gasteiger partial charge in [-0.25, -0.2) is 13.1 Å². The summed E-state index contributed by atoms with van der Waals surface area (Å²) in [5.74, 6) is -0.337. The summed E-state index contributed by atoms with van der Waals surface area (Å²) in [6.45, 7) is 1.66. The van der Waals surface area contributed by atoms with E-state index in [2.05, 4.69) is 10.0 Å². The Morgan fingerprint density at radius 2 is 2.06 bits per heavy atom. The van der Waals surface area contributed by atoms with Crippen LogP contribution in [0.3, 0.4) is 0 Å². The van der Waals surface area contributed by atoms with E-state index in [0.717, 1.165) is 6.07 Å². The van der Waals surface area contributed by atoms with Gasteiger partial charge >= 0.3 is 0 Å². The average molecular weight is 258 g/mol. The molecule has 0 aromatic heterocycles. The van der Waals surface area contributed by atoms with E-state index < -0.39 is 10.0 Å². The Morgan fingerprint density at radius 3 is 2.65 bits per heavy atom. The molecule has 1 aromatic carbocycles. The van der Waals surface area contributed by atoms with Crippen molar-refractivity contribution in [2.45, 2.75) is 11.8 Å². The third-order valence-electron chi connectivity index (χ3n) is 1.92. The maximum Gasteiger partial charge on any atom is 0.240 e. The first kappa shape index (κ1) is 13.5. The predicted molar refractivity (Wildman–Crippen MR) is 62.0 cm³/mol. The highest BCUT2D eigenvalue weighted by atomic mass is 32.2. The first-order chi connectivity index (χ1) is 7.92. The Hall–Kier alpha value is -1.60. The first-order valence-corrected chi connectivity index (χ1v) is 6.43.